The van der Waals surface area contributed by atoms with Crippen molar-refractivity contribution in [2.45, 2.75) is 45.1 Å². The first-order chi connectivity index (χ1) is 9.99. The summed E-state index contributed by atoms with van der Waals surface area (Å²) < 4.78 is 5.30. The lowest BCUT2D eigenvalue weighted by Crippen LogP contribution is -2.52. The molecule has 3 nitrogen and oxygen atoms in total. The van der Waals surface area contributed by atoms with E-state index in [1.807, 2.05) is 25.1 Å². The summed E-state index contributed by atoms with van der Waals surface area (Å²) in [7, 11) is 1.58. The predicted molar refractivity (Wildman–Crippen MR) is 86.3 cm³/mol. The average molecular weight is 310 g/mol. The smallest absolute Gasteiger partial charge is 0.255 e. The number of amides is 1. The molecule has 0 saturated heterocycles. The van der Waals surface area contributed by atoms with Gasteiger partial charge in [0.1, 0.15) is 5.75 Å². The van der Waals surface area contributed by atoms with E-state index in [1.54, 1.807) is 7.11 Å². The van der Waals surface area contributed by atoms with Crippen molar-refractivity contribution in [3.8, 4) is 5.75 Å². The lowest BCUT2D eigenvalue weighted by Gasteiger charge is -2.39. The minimum Gasteiger partial charge on any atom is -0.496 e. The molecule has 0 spiro atoms. The first-order valence-corrected chi connectivity index (χ1v) is 8.06. The van der Waals surface area contributed by atoms with Crippen LogP contribution in [-0.2, 0) is 0 Å². The van der Waals surface area contributed by atoms with Gasteiger partial charge in [0.2, 0.25) is 0 Å². The number of aryl methyl sites for hydroxylation is 1. The molecule has 1 aliphatic carbocycles. The first kappa shape index (κ1) is 16.2. The topological polar surface area (TPSA) is 38.3 Å². The molecule has 0 aliphatic heterocycles. The molecule has 1 aromatic carbocycles. The summed E-state index contributed by atoms with van der Waals surface area (Å²) in [5.41, 5.74) is 1.34. The summed E-state index contributed by atoms with van der Waals surface area (Å²) in [5, 5.41) is 3.18. The molecule has 0 radical (unpaired) electrons. The Morgan fingerprint density at radius 2 is 2.29 bits per heavy atom. The molecule has 1 saturated carbocycles. The molecule has 1 aliphatic rings. The number of hydrogen-bond acceptors (Lipinski definition) is 2. The number of hydrogen-bond donors (Lipinski definition) is 1. The molecule has 1 N–H and O–H groups in total. The Hall–Kier alpha value is -1.22. The zero-order valence-corrected chi connectivity index (χ0v) is 13.8. The minimum atomic E-state index is -0.287. The van der Waals surface area contributed by atoms with Gasteiger partial charge in [-0.3, -0.25) is 4.79 Å². The Labute approximate surface area is 132 Å². The SMILES string of the molecule is COc1ccc(C)cc1C(=O)NC1(CCl)CCCC(C)C1. The van der Waals surface area contributed by atoms with Crippen LogP contribution in [0.15, 0.2) is 18.2 Å². The van der Waals surface area contributed by atoms with Gasteiger partial charge in [-0.25, -0.2) is 0 Å². The van der Waals surface area contributed by atoms with E-state index in [0.29, 0.717) is 23.1 Å². The fourth-order valence-electron chi connectivity index (χ4n) is 3.24. The maximum Gasteiger partial charge on any atom is 0.255 e. The van der Waals surface area contributed by atoms with Crippen molar-refractivity contribution in [1.82, 2.24) is 5.32 Å². The van der Waals surface area contributed by atoms with Gasteiger partial charge in [0.15, 0.2) is 0 Å². The summed E-state index contributed by atoms with van der Waals surface area (Å²) in [6, 6.07) is 5.64. The molecule has 0 aromatic heterocycles. The quantitative estimate of drug-likeness (QED) is 0.856. The molecule has 2 unspecified atom stereocenters. The standard InChI is InChI=1S/C17H24ClNO2/c1-12-6-7-15(21-3)14(9-12)16(20)19-17(11-18)8-4-5-13(2)10-17/h6-7,9,13H,4-5,8,10-11H2,1-3H3,(H,19,20). The zero-order valence-electron chi connectivity index (χ0n) is 13.0. The van der Waals surface area contributed by atoms with Crippen molar-refractivity contribution in [2.24, 2.45) is 5.92 Å². The third kappa shape index (κ3) is 3.70. The second kappa shape index (κ2) is 6.69. The third-order valence-corrected chi connectivity index (χ3v) is 4.84. The maximum absolute atomic E-state index is 12.7. The number of rotatable bonds is 4. The molecule has 4 heteroatoms. The summed E-state index contributed by atoms with van der Waals surface area (Å²) >= 11 is 6.19. The summed E-state index contributed by atoms with van der Waals surface area (Å²) in [6.45, 7) is 4.19. The molecular weight excluding hydrogens is 286 g/mol. The van der Waals surface area contributed by atoms with Gasteiger partial charge in [0.25, 0.3) is 5.91 Å². The average Bonchev–Trinajstić information content (AvgIpc) is 2.47. The van der Waals surface area contributed by atoms with Gasteiger partial charge in [-0.15, -0.1) is 11.6 Å². The molecule has 116 valence electrons. The van der Waals surface area contributed by atoms with E-state index in [-0.39, 0.29) is 11.4 Å². The molecule has 2 rings (SSSR count). The van der Waals surface area contributed by atoms with Crippen molar-refractivity contribution < 1.29 is 9.53 Å². The molecule has 2 atom stereocenters. The Kier molecular flexibility index (Phi) is 5.15. The summed E-state index contributed by atoms with van der Waals surface area (Å²) in [6.07, 6.45) is 4.21. The van der Waals surface area contributed by atoms with Crippen LogP contribution in [0, 0.1) is 12.8 Å². The van der Waals surface area contributed by atoms with Gasteiger partial charge >= 0.3 is 0 Å². The molecule has 1 amide bonds. The van der Waals surface area contributed by atoms with E-state index in [9.17, 15) is 4.79 Å². The van der Waals surface area contributed by atoms with Gasteiger partial charge in [-0.05, 0) is 37.8 Å². The van der Waals surface area contributed by atoms with Crippen LogP contribution >= 0.6 is 11.6 Å². The highest BCUT2D eigenvalue weighted by molar-refractivity contribution is 6.19. The number of benzene rings is 1. The second-order valence-electron chi connectivity index (χ2n) is 6.27. The van der Waals surface area contributed by atoms with E-state index in [4.69, 9.17) is 16.3 Å². The van der Waals surface area contributed by atoms with E-state index < -0.39 is 0 Å². The van der Waals surface area contributed by atoms with E-state index in [2.05, 4.69) is 12.2 Å². The van der Waals surface area contributed by atoms with Crippen molar-refractivity contribution in [1.29, 1.82) is 0 Å². The van der Waals surface area contributed by atoms with Gasteiger partial charge in [-0.1, -0.05) is 31.4 Å². The highest BCUT2D eigenvalue weighted by Crippen LogP contribution is 2.34. The Balaban J connectivity index is 2.22. The first-order valence-electron chi connectivity index (χ1n) is 7.53. The summed E-state index contributed by atoms with van der Waals surface area (Å²) in [4.78, 5) is 12.7. The van der Waals surface area contributed by atoms with Gasteiger partial charge in [0, 0.05) is 5.88 Å². The number of carbonyl (C=O) groups is 1. The predicted octanol–water partition coefficient (Wildman–Crippen LogP) is 3.92. The number of halogens is 1. The lowest BCUT2D eigenvalue weighted by molar-refractivity contribution is 0.0864. The fourth-order valence-corrected chi connectivity index (χ4v) is 3.55. The van der Waals surface area contributed by atoms with Crippen LogP contribution in [0.25, 0.3) is 0 Å². The number of carbonyl (C=O) groups excluding carboxylic acids is 1. The number of nitrogens with one attached hydrogen (secondary N) is 1. The highest BCUT2D eigenvalue weighted by Gasteiger charge is 2.36. The minimum absolute atomic E-state index is 0.0923. The normalized spacial score (nSPS) is 25.4. The van der Waals surface area contributed by atoms with E-state index in [0.717, 1.165) is 24.8 Å². The van der Waals surface area contributed by atoms with Crippen molar-refractivity contribution in [3.63, 3.8) is 0 Å². The van der Waals surface area contributed by atoms with Crippen LogP contribution in [0.4, 0.5) is 0 Å². The highest BCUT2D eigenvalue weighted by atomic mass is 35.5. The molecule has 21 heavy (non-hydrogen) atoms. The van der Waals surface area contributed by atoms with Crippen molar-refractivity contribution in [3.05, 3.63) is 29.3 Å². The van der Waals surface area contributed by atoms with Gasteiger partial charge in [0.05, 0.1) is 18.2 Å². The molecular formula is C17H24ClNO2. The Bertz CT molecular complexity index is 518. The van der Waals surface area contributed by atoms with Crippen LogP contribution in [0.5, 0.6) is 5.75 Å². The van der Waals surface area contributed by atoms with Crippen molar-refractivity contribution in [2.75, 3.05) is 13.0 Å². The molecule has 0 heterocycles. The zero-order chi connectivity index (χ0) is 15.5. The van der Waals surface area contributed by atoms with E-state index >= 15 is 0 Å². The second-order valence-corrected chi connectivity index (χ2v) is 6.54. The van der Waals surface area contributed by atoms with Crippen LogP contribution in [0.3, 0.4) is 0 Å². The monoisotopic (exact) mass is 309 g/mol. The maximum atomic E-state index is 12.7. The fraction of sp³-hybridized carbons (Fsp3) is 0.588. The number of methoxy groups -OCH3 is 1. The van der Waals surface area contributed by atoms with Gasteiger partial charge in [-0.2, -0.15) is 0 Å². The van der Waals surface area contributed by atoms with Crippen LogP contribution in [0.2, 0.25) is 0 Å². The van der Waals surface area contributed by atoms with Gasteiger partial charge < -0.3 is 10.1 Å². The Morgan fingerprint density at radius 1 is 1.52 bits per heavy atom. The third-order valence-electron chi connectivity index (χ3n) is 4.33. The lowest BCUT2D eigenvalue weighted by atomic mass is 9.77. The number of alkyl halides is 1. The van der Waals surface area contributed by atoms with Crippen LogP contribution < -0.4 is 10.1 Å². The Morgan fingerprint density at radius 3 is 2.90 bits per heavy atom. The summed E-state index contributed by atoms with van der Waals surface area (Å²) in [5.74, 6) is 1.56. The largest absolute Gasteiger partial charge is 0.496 e. The molecule has 1 aromatic rings. The van der Waals surface area contributed by atoms with Crippen molar-refractivity contribution >= 4 is 17.5 Å². The van der Waals surface area contributed by atoms with E-state index in [1.165, 1.54) is 6.42 Å². The molecule has 0 bridgehead atoms. The molecule has 1 fully saturated rings. The van der Waals surface area contributed by atoms with Crippen LogP contribution in [-0.4, -0.2) is 24.4 Å². The van der Waals surface area contributed by atoms with Crippen LogP contribution in [0.1, 0.15) is 48.5 Å². The number of ether oxygens (including phenoxy) is 1.